The van der Waals surface area contributed by atoms with E-state index >= 15 is 0 Å². The van der Waals surface area contributed by atoms with Gasteiger partial charge in [0.25, 0.3) is 0 Å². The standard InChI is InChI=1S/C21H25N2.C11H19N2.Mo.2O/c1-14-9-7-10-15(2)20(14)22-18(5)13-19(6)23-21-16(3)11-8-12-17(21)4;1-10(2,3)8-7-9(13-12-8)11(4,5)6;;;/h7-13H,1-6H3;7H,1-6H3;;;/q2*-1;;2*-2/b18-13-,23-19?;;;;. The minimum Gasteiger partial charge on any atom is -2.00 e. The Morgan fingerprint density at radius 2 is 1.26 bits per heavy atom. The first-order valence-electron chi connectivity index (χ1n) is 12.7. The molecule has 7 heteroatoms. The third-order valence-corrected chi connectivity index (χ3v) is 5.95. The van der Waals surface area contributed by atoms with Gasteiger partial charge in [-0.1, -0.05) is 108 Å². The van der Waals surface area contributed by atoms with Crippen LogP contribution in [0, 0.1) is 27.7 Å². The van der Waals surface area contributed by atoms with Gasteiger partial charge in [0.2, 0.25) is 0 Å². The summed E-state index contributed by atoms with van der Waals surface area (Å²) in [6.07, 6.45) is 2.04. The molecule has 3 aromatic rings. The number of hydrogen-bond donors (Lipinski definition) is 0. The van der Waals surface area contributed by atoms with E-state index in [-0.39, 0.29) is 42.8 Å². The normalized spacial score (nSPS) is 11.8. The molecule has 0 radical (unpaired) electrons. The zero-order chi connectivity index (χ0) is 27.3. The van der Waals surface area contributed by atoms with E-state index in [1.165, 1.54) is 22.3 Å². The van der Waals surface area contributed by atoms with E-state index < -0.39 is 0 Å². The second-order valence-electron chi connectivity index (χ2n) is 11.7. The summed E-state index contributed by atoms with van der Waals surface area (Å²) in [7, 11) is 0. The van der Waals surface area contributed by atoms with Gasteiger partial charge in [0, 0.05) is 37.9 Å². The minimum atomic E-state index is 0. The Kier molecular flexibility index (Phi) is 15.8. The summed E-state index contributed by atoms with van der Waals surface area (Å²) in [5, 5.41) is 13.2. The number of hydrogen-bond acceptors (Lipinski definition) is 2. The van der Waals surface area contributed by atoms with E-state index in [0.29, 0.717) is 0 Å². The van der Waals surface area contributed by atoms with E-state index in [1.54, 1.807) is 0 Å². The van der Waals surface area contributed by atoms with Gasteiger partial charge in [0.05, 0.1) is 5.69 Å². The van der Waals surface area contributed by atoms with Gasteiger partial charge in [-0.05, 0) is 51.2 Å². The summed E-state index contributed by atoms with van der Waals surface area (Å²) in [5.41, 5.74) is 11.2. The van der Waals surface area contributed by atoms with Gasteiger partial charge < -0.3 is 26.5 Å². The molecule has 0 saturated heterocycles. The van der Waals surface area contributed by atoms with Crippen molar-refractivity contribution in [2.75, 3.05) is 0 Å². The maximum absolute atomic E-state index is 4.76. The van der Waals surface area contributed by atoms with Crippen molar-refractivity contribution < 1.29 is 32.0 Å². The summed E-state index contributed by atoms with van der Waals surface area (Å²) in [6, 6.07) is 14.6. The second kappa shape index (κ2) is 15.9. The number of benzene rings is 2. The maximum Gasteiger partial charge on any atom is 0.0691 e. The molecule has 0 atom stereocenters. The quantitative estimate of drug-likeness (QED) is 0.216. The summed E-state index contributed by atoms with van der Waals surface area (Å²) >= 11 is 0. The van der Waals surface area contributed by atoms with Crippen LogP contribution in [0.25, 0.3) is 5.32 Å². The predicted octanol–water partition coefficient (Wildman–Crippen LogP) is 9.02. The number of allylic oxidation sites excluding steroid dienone is 2. The monoisotopic (exact) mass is 614 g/mol. The van der Waals surface area contributed by atoms with Gasteiger partial charge in [0.15, 0.2) is 0 Å². The molecule has 1 aromatic heterocycles. The van der Waals surface area contributed by atoms with Gasteiger partial charge >= 0.3 is 0 Å². The molecule has 0 fully saturated rings. The van der Waals surface area contributed by atoms with Gasteiger partial charge in [0.1, 0.15) is 0 Å². The second-order valence-corrected chi connectivity index (χ2v) is 11.7. The fraction of sp³-hybridized carbons (Fsp3) is 0.438. The Morgan fingerprint density at radius 3 is 1.64 bits per heavy atom. The van der Waals surface area contributed by atoms with Crippen molar-refractivity contribution in [2.45, 2.75) is 93.9 Å². The fourth-order valence-electron chi connectivity index (χ4n) is 3.71. The molecule has 0 bridgehead atoms. The van der Waals surface area contributed by atoms with Crippen LogP contribution in [-0.2, 0) is 42.8 Å². The molecule has 6 nitrogen and oxygen atoms in total. The average molecular weight is 613 g/mol. The van der Waals surface area contributed by atoms with Crippen molar-refractivity contribution in [3.8, 4) is 0 Å². The van der Waals surface area contributed by atoms with Crippen molar-refractivity contribution >= 4 is 17.1 Å². The number of aliphatic imine (C=N–C) groups is 1. The molecule has 0 amide bonds. The largest absolute Gasteiger partial charge is 2.00 e. The van der Waals surface area contributed by atoms with Crippen LogP contribution in [0.3, 0.4) is 0 Å². The van der Waals surface area contributed by atoms with Crippen LogP contribution in [0.5, 0.6) is 0 Å². The summed E-state index contributed by atoms with van der Waals surface area (Å²) in [6.45, 7) is 25.4. The first-order chi connectivity index (χ1) is 16.6. The van der Waals surface area contributed by atoms with Crippen LogP contribution in [0.15, 0.2) is 59.2 Å². The Balaban J connectivity index is 0. The average Bonchev–Trinajstić information content (AvgIpc) is 3.26. The van der Waals surface area contributed by atoms with Gasteiger partial charge in [-0.15, -0.1) is 11.4 Å². The summed E-state index contributed by atoms with van der Waals surface area (Å²) < 4.78 is 0. The first-order valence-corrected chi connectivity index (χ1v) is 12.7. The van der Waals surface area contributed by atoms with Gasteiger partial charge in [-0.2, -0.15) is 5.70 Å². The molecule has 216 valence electrons. The molecule has 0 aliphatic heterocycles. The Labute approximate surface area is 250 Å². The van der Waals surface area contributed by atoms with Crippen LogP contribution in [0.2, 0.25) is 0 Å². The summed E-state index contributed by atoms with van der Waals surface area (Å²) in [4.78, 5) is 4.76. The third kappa shape index (κ3) is 11.6. The third-order valence-electron chi connectivity index (χ3n) is 5.95. The molecule has 0 N–H and O–H groups in total. The fourth-order valence-corrected chi connectivity index (χ4v) is 3.71. The van der Waals surface area contributed by atoms with Gasteiger partial charge in [-0.3, -0.25) is 4.99 Å². The van der Waals surface area contributed by atoms with Gasteiger partial charge in [-0.25, -0.2) is 0 Å². The minimum absolute atomic E-state index is 0. The zero-order valence-electron chi connectivity index (χ0n) is 25.6. The smallest absolute Gasteiger partial charge is 0.0691 e. The Bertz CT molecular complexity index is 1180. The van der Waals surface area contributed by atoms with Crippen LogP contribution < -0.4 is 5.10 Å². The van der Waals surface area contributed by atoms with E-state index in [0.717, 1.165) is 34.2 Å². The first kappa shape index (κ1) is 38.6. The molecule has 0 aliphatic rings. The van der Waals surface area contributed by atoms with E-state index in [9.17, 15) is 0 Å². The Hall–Kier alpha value is -2.53. The number of aryl methyl sites for hydroxylation is 4. The van der Waals surface area contributed by atoms with Crippen molar-refractivity contribution in [1.29, 1.82) is 0 Å². The Morgan fingerprint density at radius 1 is 0.795 bits per heavy atom. The molecular formula is C32H44MoN4O2-6. The van der Waals surface area contributed by atoms with Crippen molar-refractivity contribution in [3.63, 3.8) is 0 Å². The molecule has 3 rings (SSSR count). The number of nitrogens with zero attached hydrogens (tertiary/aromatic N) is 4. The maximum atomic E-state index is 4.76. The molecule has 39 heavy (non-hydrogen) atoms. The van der Waals surface area contributed by atoms with Crippen LogP contribution >= 0.6 is 0 Å². The predicted molar refractivity (Wildman–Crippen MR) is 158 cm³/mol. The molecular weight excluding hydrogens is 568 g/mol. The topological polar surface area (TPSA) is 110 Å². The van der Waals surface area contributed by atoms with Crippen LogP contribution in [0.1, 0.15) is 89.0 Å². The molecule has 0 saturated carbocycles. The SMILES string of the molecule is CC(/C=C(/C)[N-]c1c(C)cccc1C)=Nc1c(C)cccc1C.CC(C)(C)c1cc(C(C)(C)C)[n-]n1.[Mo].[O-2].[O-2]. The molecule has 2 aromatic carbocycles. The number of para-hydroxylation sites is 2. The van der Waals surface area contributed by atoms with E-state index in [4.69, 9.17) is 10.3 Å². The van der Waals surface area contributed by atoms with Crippen molar-refractivity contribution in [1.82, 2.24) is 10.2 Å². The molecule has 0 spiro atoms. The summed E-state index contributed by atoms with van der Waals surface area (Å²) in [5.74, 6) is 0. The van der Waals surface area contributed by atoms with Crippen LogP contribution in [-0.4, -0.2) is 10.8 Å². The van der Waals surface area contributed by atoms with Crippen LogP contribution in [0.4, 0.5) is 11.4 Å². The van der Waals surface area contributed by atoms with E-state index in [2.05, 4.69) is 122 Å². The number of aromatic nitrogens is 2. The molecule has 1 heterocycles. The molecule has 0 aliphatic carbocycles. The van der Waals surface area contributed by atoms with E-state index in [1.807, 2.05) is 19.9 Å². The molecule has 0 unspecified atom stereocenters. The number of rotatable bonds is 4. The van der Waals surface area contributed by atoms with Crippen molar-refractivity contribution in [3.05, 3.63) is 93.2 Å². The zero-order valence-corrected chi connectivity index (χ0v) is 27.6. The van der Waals surface area contributed by atoms with Crippen molar-refractivity contribution in [2.24, 2.45) is 4.99 Å².